The molecule has 1 atom stereocenters. The molecule has 0 bridgehead atoms. The second-order valence-corrected chi connectivity index (χ2v) is 4.23. The number of nitrogens with zero attached hydrogens (tertiary/aromatic N) is 2. The topological polar surface area (TPSA) is 97.1 Å². The lowest BCUT2D eigenvalue weighted by molar-refractivity contribution is -0.402. The van der Waals surface area contributed by atoms with Crippen LogP contribution in [0.15, 0.2) is 40.8 Å². The molecule has 1 unspecified atom stereocenters. The summed E-state index contributed by atoms with van der Waals surface area (Å²) in [7, 11) is 0. The molecule has 1 heterocycles. The van der Waals surface area contributed by atoms with Gasteiger partial charge in [-0.3, -0.25) is 14.9 Å². The summed E-state index contributed by atoms with van der Waals surface area (Å²) in [5, 5.41) is 19.7. The summed E-state index contributed by atoms with van der Waals surface area (Å²) in [5.41, 5.74) is 1.54. The van der Waals surface area contributed by atoms with Gasteiger partial charge in [-0.25, -0.2) is 0 Å². The van der Waals surface area contributed by atoms with Crippen molar-refractivity contribution in [2.24, 2.45) is 0 Å². The second-order valence-electron chi connectivity index (χ2n) is 4.23. The first kappa shape index (κ1) is 13.5. The molecule has 2 rings (SSSR count). The molecule has 0 fully saturated rings. The highest BCUT2D eigenvalue weighted by Crippen LogP contribution is 2.24. The smallest absolute Gasteiger partial charge is 0.397 e. The Morgan fingerprint density at radius 2 is 1.95 bits per heavy atom. The maximum absolute atomic E-state index is 12.2. The molecule has 0 saturated carbocycles. The molecule has 1 aromatic carbocycles. The standard InChI is InChI=1S/C14H10N2O4/c1-9-2-4-10(5-3-9)11(8-15)14(17)12-6-7-13(20-12)16(18)19/h2-7,11H,1H3. The van der Waals surface area contributed by atoms with E-state index in [-0.39, 0.29) is 5.76 Å². The van der Waals surface area contributed by atoms with Crippen LogP contribution in [0.25, 0.3) is 0 Å². The average molecular weight is 270 g/mol. The molecule has 0 saturated heterocycles. The number of carbonyl (C=O) groups is 1. The van der Waals surface area contributed by atoms with E-state index in [4.69, 9.17) is 9.68 Å². The molecule has 0 spiro atoms. The molecular weight excluding hydrogens is 260 g/mol. The van der Waals surface area contributed by atoms with E-state index in [1.54, 1.807) is 24.3 Å². The zero-order valence-electron chi connectivity index (χ0n) is 10.6. The number of benzene rings is 1. The first-order valence-corrected chi connectivity index (χ1v) is 5.77. The first-order valence-electron chi connectivity index (χ1n) is 5.77. The highest BCUT2D eigenvalue weighted by Gasteiger charge is 2.26. The third-order valence-corrected chi connectivity index (χ3v) is 2.82. The first-order chi connectivity index (χ1) is 9.52. The van der Waals surface area contributed by atoms with Gasteiger partial charge in [0.05, 0.1) is 12.1 Å². The van der Waals surface area contributed by atoms with Crippen molar-refractivity contribution in [1.82, 2.24) is 0 Å². The minimum absolute atomic E-state index is 0.191. The Hall–Kier alpha value is -2.94. The van der Waals surface area contributed by atoms with E-state index in [0.29, 0.717) is 5.56 Å². The van der Waals surface area contributed by atoms with Gasteiger partial charge in [0, 0.05) is 0 Å². The number of nitriles is 1. The van der Waals surface area contributed by atoms with Crippen LogP contribution in [-0.2, 0) is 0 Å². The Balaban J connectivity index is 2.31. The fourth-order valence-electron chi connectivity index (χ4n) is 1.74. The lowest BCUT2D eigenvalue weighted by atomic mass is 9.94. The Morgan fingerprint density at radius 1 is 1.30 bits per heavy atom. The largest absolute Gasteiger partial charge is 0.433 e. The third-order valence-electron chi connectivity index (χ3n) is 2.82. The SMILES string of the molecule is Cc1ccc(C(C#N)C(=O)c2ccc([N+](=O)[O-])o2)cc1. The van der Waals surface area contributed by atoms with Gasteiger partial charge in [0.1, 0.15) is 10.8 Å². The number of ketones is 1. The molecule has 0 radical (unpaired) electrons. The predicted molar refractivity (Wildman–Crippen MR) is 69.2 cm³/mol. The van der Waals surface area contributed by atoms with Crippen LogP contribution >= 0.6 is 0 Å². The number of Topliss-reactive ketones (excluding diaryl/α,β-unsaturated/α-hetero) is 1. The van der Waals surface area contributed by atoms with Crippen LogP contribution in [0.1, 0.15) is 27.6 Å². The number of rotatable bonds is 4. The summed E-state index contributed by atoms with van der Waals surface area (Å²) < 4.78 is 4.84. The number of aryl methyl sites for hydroxylation is 1. The minimum Gasteiger partial charge on any atom is -0.397 e. The van der Waals surface area contributed by atoms with Crippen LogP contribution in [0.4, 0.5) is 5.88 Å². The highest BCUT2D eigenvalue weighted by atomic mass is 16.6. The van der Waals surface area contributed by atoms with Gasteiger partial charge >= 0.3 is 5.88 Å². The zero-order valence-corrected chi connectivity index (χ0v) is 10.6. The summed E-state index contributed by atoms with van der Waals surface area (Å²) in [6.45, 7) is 1.89. The van der Waals surface area contributed by atoms with Gasteiger partial charge in [-0.05, 0) is 18.6 Å². The quantitative estimate of drug-likeness (QED) is 0.483. The van der Waals surface area contributed by atoms with Gasteiger partial charge in [-0.1, -0.05) is 29.8 Å². The zero-order chi connectivity index (χ0) is 14.7. The third kappa shape index (κ3) is 2.57. The molecule has 100 valence electrons. The Morgan fingerprint density at radius 3 is 2.45 bits per heavy atom. The van der Waals surface area contributed by atoms with Gasteiger partial charge in [-0.15, -0.1) is 0 Å². The Labute approximate surface area is 114 Å². The summed E-state index contributed by atoms with van der Waals surface area (Å²) in [6, 6.07) is 11.1. The monoisotopic (exact) mass is 270 g/mol. The van der Waals surface area contributed by atoms with E-state index in [2.05, 4.69) is 0 Å². The molecule has 0 amide bonds. The van der Waals surface area contributed by atoms with Crippen molar-refractivity contribution in [3.63, 3.8) is 0 Å². The van der Waals surface area contributed by atoms with Gasteiger partial charge in [0.2, 0.25) is 5.78 Å². The van der Waals surface area contributed by atoms with Crippen molar-refractivity contribution in [2.75, 3.05) is 0 Å². The minimum atomic E-state index is -1.04. The molecule has 0 N–H and O–H groups in total. The predicted octanol–water partition coefficient (Wildman–Crippen LogP) is 2.99. The average Bonchev–Trinajstić information content (AvgIpc) is 2.91. The summed E-state index contributed by atoms with van der Waals surface area (Å²) in [4.78, 5) is 21.9. The number of nitro groups is 1. The number of hydrogen-bond donors (Lipinski definition) is 0. The molecule has 1 aromatic heterocycles. The maximum atomic E-state index is 12.2. The van der Waals surface area contributed by atoms with Gasteiger partial charge in [0.15, 0.2) is 5.76 Å². The fourth-order valence-corrected chi connectivity index (χ4v) is 1.74. The van der Waals surface area contributed by atoms with E-state index in [0.717, 1.165) is 11.6 Å². The van der Waals surface area contributed by atoms with E-state index in [1.807, 2.05) is 13.0 Å². The molecule has 2 aromatic rings. The summed E-state index contributed by atoms with van der Waals surface area (Å²) in [5.74, 6) is -2.34. The molecule has 0 aliphatic heterocycles. The molecular formula is C14H10N2O4. The van der Waals surface area contributed by atoms with Gasteiger partial charge in [0.25, 0.3) is 0 Å². The van der Waals surface area contributed by atoms with Crippen molar-refractivity contribution in [3.05, 3.63) is 63.4 Å². The van der Waals surface area contributed by atoms with E-state index < -0.39 is 22.5 Å². The molecule has 0 aliphatic rings. The summed E-state index contributed by atoms with van der Waals surface area (Å²) in [6.07, 6.45) is 0. The van der Waals surface area contributed by atoms with Crippen LogP contribution in [0, 0.1) is 28.4 Å². The van der Waals surface area contributed by atoms with Crippen molar-refractivity contribution in [1.29, 1.82) is 5.26 Å². The van der Waals surface area contributed by atoms with Crippen LogP contribution < -0.4 is 0 Å². The number of furan rings is 1. The highest BCUT2D eigenvalue weighted by molar-refractivity contribution is 6.00. The van der Waals surface area contributed by atoms with E-state index in [1.165, 1.54) is 6.07 Å². The molecule has 20 heavy (non-hydrogen) atoms. The molecule has 6 nitrogen and oxygen atoms in total. The van der Waals surface area contributed by atoms with Crippen LogP contribution in [-0.4, -0.2) is 10.7 Å². The van der Waals surface area contributed by atoms with E-state index in [9.17, 15) is 14.9 Å². The summed E-state index contributed by atoms with van der Waals surface area (Å²) >= 11 is 0. The lowest BCUT2D eigenvalue weighted by Gasteiger charge is -2.06. The van der Waals surface area contributed by atoms with Crippen molar-refractivity contribution in [2.45, 2.75) is 12.8 Å². The van der Waals surface area contributed by atoms with Crippen LogP contribution in [0.2, 0.25) is 0 Å². The van der Waals surface area contributed by atoms with Gasteiger partial charge < -0.3 is 4.42 Å². The Kier molecular flexibility index (Phi) is 3.62. The Bertz CT molecular complexity index is 695. The van der Waals surface area contributed by atoms with Crippen molar-refractivity contribution < 1.29 is 14.1 Å². The van der Waals surface area contributed by atoms with E-state index >= 15 is 0 Å². The normalized spacial score (nSPS) is 11.6. The second kappa shape index (κ2) is 5.36. The molecule has 0 aliphatic carbocycles. The molecule has 6 heteroatoms. The van der Waals surface area contributed by atoms with Gasteiger partial charge in [-0.2, -0.15) is 5.26 Å². The van der Waals surface area contributed by atoms with Crippen LogP contribution in [0.5, 0.6) is 0 Å². The fraction of sp³-hybridized carbons (Fsp3) is 0.143. The van der Waals surface area contributed by atoms with Crippen LogP contribution in [0.3, 0.4) is 0 Å². The number of hydrogen-bond acceptors (Lipinski definition) is 5. The van der Waals surface area contributed by atoms with Crippen molar-refractivity contribution in [3.8, 4) is 6.07 Å². The van der Waals surface area contributed by atoms with Crippen molar-refractivity contribution >= 4 is 11.7 Å². The lowest BCUT2D eigenvalue weighted by Crippen LogP contribution is -2.10. The number of carbonyl (C=O) groups excluding carboxylic acids is 1. The maximum Gasteiger partial charge on any atom is 0.433 e.